The van der Waals surface area contributed by atoms with E-state index in [1.54, 1.807) is 7.11 Å². The minimum Gasteiger partial charge on any atom is -0.496 e. The van der Waals surface area contributed by atoms with Gasteiger partial charge in [0.15, 0.2) is 0 Å². The maximum atomic E-state index is 9.24. The fourth-order valence-electron chi connectivity index (χ4n) is 2.00. The second kappa shape index (κ2) is 5.30. The molecule has 2 rings (SSSR count). The lowest BCUT2D eigenvalue weighted by molar-refractivity contribution is 0.0261. The zero-order chi connectivity index (χ0) is 11.4. The van der Waals surface area contributed by atoms with Crippen molar-refractivity contribution in [2.75, 3.05) is 26.8 Å². The number of morpholine rings is 1. The number of hydrogen-bond donors (Lipinski definition) is 2. The van der Waals surface area contributed by atoms with Crippen LogP contribution in [0.2, 0.25) is 0 Å². The number of para-hydroxylation sites is 1. The molecule has 1 aliphatic heterocycles. The van der Waals surface area contributed by atoms with Gasteiger partial charge in [-0.2, -0.15) is 0 Å². The van der Waals surface area contributed by atoms with Crippen molar-refractivity contribution in [3.05, 3.63) is 29.3 Å². The Kier molecular flexibility index (Phi) is 3.77. The second-order valence-corrected chi connectivity index (χ2v) is 3.76. The third-order valence-corrected chi connectivity index (χ3v) is 2.78. The Morgan fingerprint density at radius 1 is 1.56 bits per heavy atom. The van der Waals surface area contributed by atoms with Gasteiger partial charge in [-0.3, -0.25) is 0 Å². The maximum absolute atomic E-state index is 9.24. The minimum atomic E-state index is -0.0167. The van der Waals surface area contributed by atoms with Crippen LogP contribution in [0.25, 0.3) is 0 Å². The topological polar surface area (TPSA) is 50.7 Å². The van der Waals surface area contributed by atoms with E-state index in [9.17, 15) is 5.11 Å². The van der Waals surface area contributed by atoms with Gasteiger partial charge >= 0.3 is 0 Å². The van der Waals surface area contributed by atoms with Crippen molar-refractivity contribution in [2.24, 2.45) is 0 Å². The zero-order valence-corrected chi connectivity index (χ0v) is 9.40. The molecule has 0 amide bonds. The third kappa shape index (κ3) is 2.19. The van der Waals surface area contributed by atoms with Crippen LogP contribution in [0.5, 0.6) is 5.75 Å². The summed E-state index contributed by atoms with van der Waals surface area (Å²) in [6.07, 6.45) is 0.00944. The average Bonchev–Trinajstić information content (AvgIpc) is 2.38. The molecule has 0 aliphatic carbocycles. The quantitative estimate of drug-likeness (QED) is 0.797. The Bertz CT molecular complexity index is 348. The first-order valence-corrected chi connectivity index (χ1v) is 5.45. The van der Waals surface area contributed by atoms with E-state index in [-0.39, 0.29) is 12.7 Å². The van der Waals surface area contributed by atoms with Crippen LogP contribution >= 0.6 is 0 Å². The van der Waals surface area contributed by atoms with Gasteiger partial charge in [-0.25, -0.2) is 0 Å². The molecule has 1 aromatic carbocycles. The molecular formula is C12H17NO3. The molecule has 1 saturated heterocycles. The average molecular weight is 223 g/mol. The first kappa shape index (κ1) is 11.4. The Balaban J connectivity index is 2.30. The summed E-state index contributed by atoms with van der Waals surface area (Å²) in [5, 5.41) is 12.5. The third-order valence-electron chi connectivity index (χ3n) is 2.78. The van der Waals surface area contributed by atoms with E-state index in [4.69, 9.17) is 9.47 Å². The van der Waals surface area contributed by atoms with Gasteiger partial charge in [0.2, 0.25) is 0 Å². The molecule has 1 aromatic rings. The van der Waals surface area contributed by atoms with Crippen LogP contribution in [-0.2, 0) is 11.3 Å². The highest BCUT2D eigenvalue weighted by Gasteiger charge is 2.20. The SMILES string of the molecule is COc1c(CO)cccc1C1CNCCO1. The van der Waals surface area contributed by atoms with Crippen LogP contribution in [0.15, 0.2) is 18.2 Å². The smallest absolute Gasteiger partial charge is 0.130 e. The first-order chi connectivity index (χ1) is 7.86. The molecule has 4 nitrogen and oxygen atoms in total. The highest BCUT2D eigenvalue weighted by molar-refractivity contribution is 5.42. The maximum Gasteiger partial charge on any atom is 0.130 e. The predicted molar refractivity (Wildman–Crippen MR) is 60.5 cm³/mol. The highest BCUT2D eigenvalue weighted by atomic mass is 16.5. The predicted octanol–water partition coefficient (Wildman–Crippen LogP) is 0.848. The molecule has 0 bridgehead atoms. The number of benzene rings is 1. The zero-order valence-electron chi connectivity index (χ0n) is 9.40. The summed E-state index contributed by atoms with van der Waals surface area (Å²) in [4.78, 5) is 0. The minimum absolute atomic E-state index is 0.00944. The molecule has 16 heavy (non-hydrogen) atoms. The number of hydrogen-bond acceptors (Lipinski definition) is 4. The standard InChI is InChI=1S/C12H17NO3/c1-15-12-9(8-14)3-2-4-10(12)11-7-13-5-6-16-11/h2-4,11,13-14H,5-8H2,1H3. The van der Waals surface area contributed by atoms with Gasteiger partial charge in [0.25, 0.3) is 0 Å². The normalized spacial score (nSPS) is 20.8. The summed E-state index contributed by atoms with van der Waals surface area (Å²) in [7, 11) is 1.62. The second-order valence-electron chi connectivity index (χ2n) is 3.76. The van der Waals surface area contributed by atoms with Gasteiger partial charge in [0.05, 0.1) is 26.4 Å². The lowest BCUT2D eigenvalue weighted by atomic mass is 10.0. The Hall–Kier alpha value is -1.10. The van der Waals surface area contributed by atoms with Crippen LogP contribution in [0.4, 0.5) is 0 Å². The number of nitrogens with one attached hydrogen (secondary N) is 1. The van der Waals surface area contributed by atoms with Crippen molar-refractivity contribution in [1.29, 1.82) is 0 Å². The Morgan fingerprint density at radius 2 is 2.44 bits per heavy atom. The molecule has 0 saturated carbocycles. The van der Waals surface area contributed by atoms with E-state index in [2.05, 4.69) is 5.32 Å². The van der Waals surface area contributed by atoms with Crippen LogP contribution in [0.1, 0.15) is 17.2 Å². The molecule has 1 aliphatic rings. The summed E-state index contributed by atoms with van der Waals surface area (Å²) in [6.45, 7) is 2.36. The van der Waals surface area contributed by atoms with Crippen LogP contribution in [0.3, 0.4) is 0 Å². The van der Waals surface area contributed by atoms with Crippen LogP contribution in [0, 0.1) is 0 Å². The lowest BCUT2D eigenvalue weighted by Crippen LogP contribution is -2.33. The molecule has 1 fully saturated rings. The van der Waals surface area contributed by atoms with Crippen molar-refractivity contribution in [3.8, 4) is 5.75 Å². The van der Waals surface area contributed by atoms with E-state index in [0.717, 1.165) is 30.0 Å². The molecule has 0 aromatic heterocycles. The number of rotatable bonds is 3. The van der Waals surface area contributed by atoms with Gasteiger partial charge in [-0.05, 0) is 0 Å². The highest BCUT2D eigenvalue weighted by Crippen LogP contribution is 2.31. The van der Waals surface area contributed by atoms with Crippen LogP contribution < -0.4 is 10.1 Å². The molecule has 1 atom stereocenters. The van der Waals surface area contributed by atoms with Gasteiger partial charge in [0, 0.05) is 24.2 Å². The van der Waals surface area contributed by atoms with Crippen molar-refractivity contribution in [3.63, 3.8) is 0 Å². The van der Waals surface area contributed by atoms with Crippen molar-refractivity contribution < 1.29 is 14.6 Å². The van der Waals surface area contributed by atoms with Gasteiger partial charge in [0.1, 0.15) is 5.75 Å². The molecule has 0 spiro atoms. The monoisotopic (exact) mass is 223 g/mol. The molecule has 1 unspecified atom stereocenters. The number of ether oxygens (including phenoxy) is 2. The number of aliphatic hydroxyl groups is 1. The molecule has 4 heteroatoms. The summed E-state index contributed by atoms with van der Waals surface area (Å²) in [6, 6.07) is 5.76. The molecule has 88 valence electrons. The number of methoxy groups -OCH3 is 1. The van der Waals surface area contributed by atoms with E-state index in [1.165, 1.54) is 0 Å². The lowest BCUT2D eigenvalue weighted by Gasteiger charge is -2.26. The van der Waals surface area contributed by atoms with E-state index in [0.29, 0.717) is 6.61 Å². The van der Waals surface area contributed by atoms with Crippen LogP contribution in [-0.4, -0.2) is 31.9 Å². The van der Waals surface area contributed by atoms with Gasteiger partial charge in [-0.15, -0.1) is 0 Å². The van der Waals surface area contributed by atoms with Crippen molar-refractivity contribution in [2.45, 2.75) is 12.7 Å². The largest absolute Gasteiger partial charge is 0.496 e. The first-order valence-electron chi connectivity index (χ1n) is 5.45. The van der Waals surface area contributed by atoms with E-state index in [1.807, 2.05) is 18.2 Å². The molecule has 0 radical (unpaired) electrons. The molecule has 2 N–H and O–H groups in total. The summed E-state index contributed by atoms with van der Waals surface area (Å²) >= 11 is 0. The van der Waals surface area contributed by atoms with E-state index >= 15 is 0 Å². The van der Waals surface area contributed by atoms with Crippen molar-refractivity contribution >= 4 is 0 Å². The molecule has 1 heterocycles. The fourth-order valence-corrected chi connectivity index (χ4v) is 2.00. The Morgan fingerprint density at radius 3 is 3.06 bits per heavy atom. The summed E-state index contributed by atoms with van der Waals surface area (Å²) in [5.41, 5.74) is 1.80. The summed E-state index contributed by atoms with van der Waals surface area (Å²) < 4.78 is 11.0. The molecular weight excluding hydrogens is 206 g/mol. The van der Waals surface area contributed by atoms with Gasteiger partial charge < -0.3 is 19.9 Å². The Labute approximate surface area is 95.2 Å². The van der Waals surface area contributed by atoms with E-state index < -0.39 is 0 Å². The van der Waals surface area contributed by atoms with Crippen molar-refractivity contribution in [1.82, 2.24) is 5.32 Å². The van der Waals surface area contributed by atoms with Gasteiger partial charge in [-0.1, -0.05) is 18.2 Å². The fraction of sp³-hybridized carbons (Fsp3) is 0.500. The number of aliphatic hydroxyl groups excluding tert-OH is 1. The summed E-state index contributed by atoms with van der Waals surface area (Å²) in [5.74, 6) is 0.735.